The monoisotopic (exact) mass is 153 g/mol. The molecule has 4 heteroatoms. The quantitative estimate of drug-likeness (QED) is 0.530. The van der Waals surface area contributed by atoms with Crippen LogP contribution in [0.4, 0.5) is 5.69 Å². The molecule has 0 fully saturated rings. The molecular weight excluding hydrogens is 142 g/mol. The largest absolute Gasteiger partial charge is 0.394 e. The lowest BCUT2D eigenvalue weighted by atomic mass is 10.1. The van der Waals surface area contributed by atoms with E-state index in [1.807, 2.05) is 0 Å². The Morgan fingerprint density at radius 3 is 2.64 bits per heavy atom. The maximum atomic E-state index is 11.2. The highest BCUT2D eigenvalue weighted by Gasteiger charge is 2.05. The van der Waals surface area contributed by atoms with E-state index in [0.717, 1.165) is 0 Å². The van der Waals surface area contributed by atoms with E-state index in [2.05, 4.69) is 4.98 Å². The van der Waals surface area contributed by atoms with Crippen molar-refractivity contribution in [2.45, 2.75) is 13.0 Å². The van der Waals surface area contributed by atoms with Crippen LogP contribution in [0.3, 0.4) is 0 Å². The minimum Gasteiger partial charge on any atom is -0.394 e. The highest BCUT2D eigenvalue weighted by atomic mass is 16.1. The van der Waals surface area contributed by atoms with Gasteiger partial charge in [-0.3, -0.25) is 4.79 Å². The van der Waals surface area contributed by atoms with Gasteiger partial charge in [-0.05, 0) is 6.92 Å². The number of rotatable bonds is 1. The lowest BCUT2D eigenvalue weighted by Gasteiger charge is -2.03. The average Bonchev–Trinajstić information content (AvgIpc) is 1.94. The third-order valence-corrected chi connectivity index (χ3v) is 1.49. The van der Waals surface area contributed by atoms with E-state index in [1.54, 1.807) is 13.1 Å². The van der Waals surface area contributed by atoms with Crippen molar-refractivity contribution >= 4 is 5.69 Å². The Balaban J connectivity index is 3.28. The molecule has 11 heavy (non-hydrogen) atoms. The molecule has 0 spiro atoms. The molecule has 1 rings (SSSR count). The fourth-order valence-corrected chi connectivity index (χ4v) is 0.857. The molecule has 0 bridgehead atoms. The zero-order valence-electron chi connectivity index (χ0n) is 6.29. The van der Waals surface area contributed by atoms with Crippen molar-refractivity contribution < 1.29 is 0 Å². The molecule has 4 nitrogen and oxygen atoms in total. The second-order valence-corrected chi connectivity index (χ2v) is 2.48. The van der Waals surface area contributed by atoms with E-state index in [4.69, 9.17) is 11.5 Å². The Hall–Kier alpha value is -1.29. The van der Waals surface area contributed by atoms with Crippen molar-refractivity contribution in [3.63, 3.8) is 0 Å². The van der Waals surface area contributed by atoms with Gasteiger partial charge in [-0.15, -0.1) is 0 Å². The van der Waals surface area contributed by atoms with Crippen LogP contribution in [-0.2, 0) is 0 Å². The normalized spacial score (nSPS) is 12.9. The van der Waals surface area contributed by atoms with Crippen molar-refractivity contribution in [3.05, 3.63) is 28.2 Å². The molecule has 0 saturated carbocycles. The number of H-pyrrole nitrogens is 1. The SMILES string of the molecule is C[C@H](N)c1c[nH]cc(N)c1=O. The Morgan fingerprint density at radius 2 is 2.18 bits per heavy atom. The third kappa shape index (κ3) is 1.40. The van der Waals surface area contributed by atoms with Gasteiger partial charge in [0.2, 0.25) is 5.43 Å². The number of nitrogens with two attached hydrogens (primary N) is 2. The summed E-state index contributed by atoms with van der Waals surface area (Å²) in [5, 5.41) is 0. The van der Waals surface area contributed by atoms with Crippen LogP contribution in [0.25, 0.3) is 0 Å². The lowest BCUT2D eigenvalue weighted by molar-refractivity contribution is 0.804. The topological polar surface area (TPSA) is 84.9 Å². The van der Waals surface area contributed by atoms with E-state index in [0.29, 0.717) is 5.56 Å². The lowest BCUT2D eigenvalue weighted by Crippen LogP contribution is -2.19. The van der Waals surface area contributed by atoms with Gasteiger partial charge in [0.25, 0.3) is 0 Å². The molecule has 0 saturated heterocycles. The molecule has 0 amide bonds. The van der Waals surface area contributed by atoms with Crippen molar-refractivity contribution in [2.75, 3.05) is 5.73 Å². The Morgan fingerprint density at radius 1 is 1.55 bits per heavy atom. The highest BCUT2D eigenvalue weighted by Crippen LogP contribution is 2.02. The number of nitrogens with one attached hydrogen (secondary N) is 1. The zero-order valence-corrected chi connectivity index (χ0v) is 6.29. The van der Waals surface area contributed by atoms with Crippen LogP contribution in [0.5, 0.6) is 0 Å². The zero-order chi connectivity index (χ0) is 8.43. The summed E-state index contributed by atoms with van der Waals surface area (Å²) in [7, 11) is 0. The molecule has 0 radical (unpaired) electrons. The van der Waals surface area contributed by atoms with Gasteiger partial charge in [0.1, 0.15) is 0 Å². The third-order valence-electron chi connectivity index (χ3n) is 1.49. The maximum absolute atomic E-state index is 11.2. The Labute approximate surface area is 64.2 Å². The summed E-state index contributed by atoms with van der Waals surface area (Å²) >= 11 is 0. The summed E-state index contributed by atoms with van der Waals surface area (Å²) in [6.45, 7) is 1.74. The van der Waals surface area contributed by atoms with Crippen LogP contribution in [-0.4, -0.2) is 4.98 Å². The fraction of sp³-hybridized carbons (Fsp3) is 0.286. The summed E-state index contributed by atoms with van der Waals surface area (Å²) in [5.41, 5.74) is 11.4. The predicted octanol–water partition coefficient (Wildman–Crippen LogP) is -0.0232. The summed E-state index contributed by atoms with van der Waals surface area (Å²) in [4.78, 5) is 13.9. The Kier molecular flexibility index (Phi) is 1.96. The van der Waals surface area contributed by atoms with Crippen molar-refractivity contribution in [1.29, 1.82) is 0 Å². The van der Waals surface area contributed by atoms with Crippen LogP contribution in [0.15, 0.2) is 17.2 Å². The first-order valence-corrected chi connectivity index (χ1v) is 3.35. The predicted molar refractivity (Wildman–Crippen MR) is 44.1 cm³/mol. The van der Waals surface area contributed by atoms with Crippen LogP contribution in [0.1, 0.15) is 18.5 Å². The van der Waals surface area contributed by atoms with Gasteiger partial charge in [0.05, 0.1) is 5.69 Å². The summed E-state index contributed by atoms with van der Waals surface area (Å²) in [6.07, 6.45) is 3.03. The second kappa shape index (κ2) is 2.75. The van der Waals surface area contributed by atoms with Crippen LogP contribution in [0.2, 0.25) is 0 Å². The van der Waals surface area contributed by atoms with Crippen LogP contribution >= 0.6 is 0 Å². The number of pyridine rings is 1. The summed E-state index contributed by atoms with van der Waals surface area (Å²) in [5.74, 6) is 0. The Bertz CT molecular complexity index is 303. The molecular formula is C7H11N3O. The van der Waals surface area contributed by atoms with Gasteiger partial charge in [-0.1, -0.05) is 0 Å². The minimum absolute atomic E-state index is 0.182. The van der Waals surface area contributed by atoms with Crippen LogP contribution < -0.4 is 16.9 Å². The number of hydrogen-bond donors (Lipinski definition) is 3. The summed E-state index contributed by atoms with van der Waals surface area (Å²) < 4.78 is 0. The number of aromatic nitrogens is 1. The molecule has 60 valence electrons. The van der Waals surface area contributed by atoms with E-state index in [1.165, 1.54) is 6.20 Å². The minimum atomic E-state index is -0.276. The first-order valence-electron chi connectivity index (χ1n) is 3.35. The van der Waals surface area contributed by atoms with Crippen molar-refractivity contribution in [2.24, 2.45) is 5.73 Å². The van der Waals surface area contributed by atoms with Crippen molar-refractivity contribution in [1.82, 2.24) is 4.98 Å². The maximum Gasteiger partial charge on any atom is 0.209 e. The molecule has 0 aliphatic rings. The number of nitrogen functional groups attached to an aromatic ring is 1. The molecule has 1 heterocycles. The molecule has 0 aromatic carbocycles. The highest BCUT2D eigenvalue weighted by molar-refractivity contribution is 5.37. The number of hydrogen-bond acceptors (Lipinski definition) is 3. The molecule has 1 aromatic rings. The second-order valence-electron chi connectivity index (χ2n) is 2.48. The number of aromatic amines is 1. The smallest absolute Gasteiger partial charge is 0.209 e. The van der Waals surface area contributed by atoms with Gasteiger partial charge in [-0.2, -0.15) is 0 Å². The standard InChI is InChI=1S/C7H11N3O/c1-4(8)5-2-10-3-6(9)7(5)11/h2-4H,8-9H2,1H3,(H,10,11)/t4-/m0/s1. The first kappa shape index (κ1) is 7.81. The van der Waals surface area contributed by atoms with Gasteiger partial charge in [0, 0.05) is 24.0 Å². The summed E-state index contributed by atoms with van der Waals surface area (Å²) in [6, 6.07) is -0.276. The van der Waals surface area contributed by atoms with Gasteiger partial charge >= 0.3 is 0 Å². The number of anilines is 1. The van der Waals surface area contributed by atoms with Crippen LogP contribution in [0, 0.1) is 0 Å². The van der Waals surface area contributed by atoms with E-state index in [9.17, 15) is 4.79 Å². The molecule has 1 atom stereocenters. The molecule has 5 N–H and O–H groups in total. The molecule has 0 aliphatic carbocycles. The molecule has 0 unspecified atom stereocenters. The average molecular weight is 153 g/mol. The van der Waals surface area contributed by atoms with Gasteiger partial charge < -0.3 is 16.5 Å². The van der Waals surface area contributed by atoms with E-state index < -0.39 is 0 Å². The first-order chi connectivity index (χ1) is 5.13. The van der Waals surface area contributed by atoms with Gasteiger partial charge in [-0.25, -0.2) is 0 Å². The van der Waals surface area contributed by atoms with Gasteiger partial charge in [0.15, 0.2) is 0 Å². The molecule has 0 aliphatic heterocycles. The van der Waals surface area contributed by atoms with E-state index >= 15 is 0 Å². The molecule has 1 aromatic heterocycles. The van der Waals surface area contributed by atoms with E-state index in [-0.39, 0.29) is 17.2 Å². The fourth-order valence-electron chi connectivity index (χ4n) is 0.857. The van der Waals surface area contributed by atoms with Crippen molar-refractivity contribution in [3.8, 4) is 0 Å².